The van der Waals surface area contributed by atoms with Crippen molar-refractivity contribution < 1.29 is 12.6 Å². The van der Waals surface area contributed by atoms with Gasteiger partial charge in [0.05, 0.1) is 6.54 Å². The molecule has 0 radical (unpaired) electrons. The molecule has 1 amide bonds. The lowest BCUT2D eigenvalue weighted by Gasteiger charge is -2.29. The van der Waals surface area contributed by atoms with Gasteiger partial charge < -0.3 is 12.7 Å². The summed E-state index contributed by atoms with van der Waals surface area (Å²) in [5.41, 5.74) is -0.441. The molecule has 0 bridgehead atoms. The summed E-state index contributed by atoms with van der Waals surface area (Å²) in [5.74, 6) is 0.813. The van der Waals surface area contributed by atoms with Gasteiger partial charge in [-0.15, -0.1) is 0 Å². The molecule has 0 spiro atoms. The minimum Gasteiger partial charge on any atom is -0.444 e. The molecule has 0 saturated carbocycles. The van der Waals surface area contributed by atoms with Crippen molar-refractivity contribution in [2.24, 2.45) is 0 Å². The van der Waals surface area contributed by atoms with Crippen LogP contribution in [-0.2, 0) is 7.80 Å². The first-order valence-electron chi connectivity index (χ1n) is 4.88. The third-order valence-corrected chi connectivity index (χ3v) is 2.43. The zero-order chi connectivity index (χ0) is 11.5. The molecule has 0 saturated heterocycles. The van der Waals surface area contributed by atoms with E-state index < -0.39 is 5.60 Å². The van der Waals surface area contributed by atoms with E-state index in [1.165, 1.54) is 0 Å². The van der Waals surface area contributed by atoms with Crippen molar-refractivity contribution in [2.45, 2.75) is 32.8 Å². The van der Waals surface area contributed by atoms with Crippen LogP contribution in [0.3, 0.4) is 0 Å². The molecule has 5 heteroatoms. The number of rotatable bonds is 1. The topological polar surface area (TPSA) is 38.8 Å². The standard InChI is InChI=1S/C10H16INO3/c1-10(2,3)14-9(13)12-6-4-5-8(7-12)15-11/h5H,4,6-7H2,1-3H3. The second-order valence-electron chi connectivity index (χ2n) is 4.44. The lowest BCUT2D eigenvalue weighted by molar-refractivity contribution is 0.0248. The predicted molar refractivity (Wildman–Crippen MR) is 65.6 cm³/mol. The Kier molecular flexibility index (Phi) is 4.24. The Morgan fingerprint density at radius 2 is 2.20 bits per heavy atom. The van der Waals surface area contributed by atoms with Crippen LogP contribution in [0.25, 0.3) is 0 Å². The van der Waals surface area contributed by atoms with E-state index in [1.54, 1.807) is 4.90 Å². The Morgan fingerprint density at radius 1 is 1.53 bits per heavy atom. The van der Waals surface area contributed by atoms with Gasteiger partial charge in [-0.1, -0.05) is 0 Å². The van der Waals surface area contributed by atoms with Crippen molar-refractivity contribution in [3.05, 3.63) is 11.8 Å². The molecule has 0 atom stereocenters. The Labute approximate surface area is 104 Å². The fourth-order valence-electron chi connectivity index (χ4n) is 1.25. The fourth-order valence-corrected chi connectivity index (χ4v) is 1.57. The molecule has 0 fully saturated rings. The van der Waals surface area contributed by atoms with E-state index in [2.05, 4.69) is 0 Å². The van der Waals surface area contributed by atoms with Crippen LogP contribution >= 0.6 is 23.0 Å². The zero-order valence-corrected chi connectivity index (χ0v) is 11.4. The highest BCUT2D eigenvalue weighted by molar-refractivity contribution is 14.1. The first kappa shape index (κ1) is 12.6. The van der Waals surface area contributed by atoms with E-state index in [4.69, 9.17) is 7.80 Å². The molecule has 4 nitrogen and oxygen atoms in total. The lowest BCUT2D eigenvalue weighted by atomic mass is 10.2. The average molecular weight is 325 g/mol. The quantitative estimate of drug-likeness (QED) is 0.696. The number of halogens is 1. The SMILES string of the molecule is CC(C)(C)OC(=O)N1CCC=C(OI)C1. The highest BCUT2D eigenvalue weighted by atomic mass is 127. The minimum absolute atomic E-state index is 0.276. The van der Waals surface area contributed by atoms with Gasteiger partial charge in [0.2, 0.25) is 0 Å². The zero-order valence-electron chi connectivity index (χ0n) is 9.25. The van der Waals surface area contributed by atoms with E-state index >= 15 is 0 Å². The summed E-state index contributed by atoms with van der Waals surface area (Å²) in [6.45, 7) is 6.78. The van der Waals surface area contributed by atoms with Gasteiger partial charge in [-0.05, 0) is 33.3 Å². The first-order valence-corrected chi connectivity index (χ1v) is 5.76. The van der Waals surface area contributed by atoms with E-state index in [0.717, 1.165) is 12.2 Å². The molecule has 0 N–H and O–H groups in total. The number of hydrogen-bond acceptors (Lipinski definition) is 3. The molecule has 0 aliphatic carbocycles. The van der Waals surface area contributed by atoms with Gasteiger partial charge in [0, 0.05) is 6.54 Å². The molecular formula is C10H16INO3. The molecule has 1 heterocycles. The monoisotopic (exact) mass is 325 g/mol. The Bertz CT molecular complexity index is 270. The van der Waals surface area contributed by atoms with Gasteiger partial charge in [-0.2, -0.15) is 0 Å². The van der Waals surface area contributed by atoms with Crippen molar-refractivity contribution in [3.8, 4) is 0 Å². The summed E-state index contributed by atoms with van der Waals surface area (Å²) in [5, 5.41) is 0. The lowest BCUT2D eigenvalue weighted by Crippen LogP contribution is -2.40. The van der Waals surface area contributed by atoms with Crippen molar-refractivity contribution in [2.75, 3.05) is 13.1 Å². The minimum atomic E-state index is -0.441. The Morgan fingerprint density at radius 3 is 2.73 bits per heavy atom. The normalized spacial score (nSPS) is 17.1. The summed E-state index contributed by atoms with van der Waals surface area (Å²) >= 11 is 1.82. The highest BCUT2D eigenvalue weighted by Crippen LogP contribution is 2.16. The second-order valence-corrected chi connectivity index (χ2v) is 4.88. The molecule has 1 aliphatic heterocycles. The number of amides is 1. The van der Waals surface area contributed by atoms with Gasteiger partial charge in [0.25, 0.3) is 0 Å². The van der Waals surface area contributed by atoms with Crippen molar-refractivity contribution in [1.82, 2.24) is 4.90 Å². The van der Waals surface area contributed by atoms with Crippen LogP contribution < -0.4 is 0 Å². The predicted octanol–water partition coefficient (Wildman–Crippen LogP) is 2.88. The molecule has 15 heavy (non-hydrogen) atoms. The largest absolute Gasteiger partial charge is 0.444 e. The van der Waals surface area contributed by atoms with Gasteiger partial charge in [-0.3, -0.25) is 0 Å². The Hall–Kier alpha value is -0.460. The van der Waals surface area contributed by atoms with Crippen LogP contribution in [0.5, 0.6) is 0 Å². The number of ether oxygens (including phenoxy) is 1. The fraction of sp³-hybridized carbons (Fsp3) is 0.700. The van der Waals surface area contributed by atoms with Crippen LogP contribution in [0, 0.1) is 0 Å². The number of hydrogen-bond donors (Lipinski definition) is 0. The third kappa shape index (κ3) is 4.27. The van der Waals surface area contributed by atoms with Crippen LogP contribution in [0.1, 0.15) is 27.2 Å². The van der Waals surface area contributed by atoms with Gasteiger partial charge in [0.15, 0.2) is 23.0 Å². The molecule has 0 unspecified atom stereocenters. The number of carbonyl (C=O) groups excluding carboxylic acids is 1. The van der Waals surface area contributed by atoms with E-state index in [0.29, 0.717) is 13.1 Å². The number of nitrogens with zero attached hydrogens (tertiary/aromatic N) is 1. The van der Waals surface area contributed by atoms with Gasteiger partial charge >= 0.3 is 6.09 Å². The molecule has 1 aliphatic rings. The molecule has 1 rings (SSSR count). The highest BCUT2D eigenvalue weighted by Gasteiger charge is 2.24. The summed E-state index contributed by atoms with van der Waals surface area (Å²) < 4.78 is 10.4. The smallest absolute Gasteiger partial charge is 0.410 e. The molecule has 0 aromatic heterocycles. The first-order chi connectivity index (χ1) is 6.92. The van der Waals surface area contributed by atoms with Crippen LogP contribution in [-0.4, -0.2) is 29.7 Å². The van der Waals surface area contributed by atoms with Crippen molar-refractivity contribution >= 4 is 29.1 Å². The average Bonchev–Trinajstić information content (AvgIpc) is 2.15. The third-order valence-electron chi connectivity index (χ3n) is 1.87. The van der Waals surface area contributed by atoms with Crippen molar-refractivity contribution in [1.29, 1.82) is 0 Å². The van der Waals surface area contributed by atoms with E-state index in [-0.39, 0.29) is 6.09 Å². The van der Waals surface area contributed by atoms with Gasteiger partial charge in [0.1, 0.15) is 11.4 Å². The molecular weight excluding hydrogens is 309 g/mol. The Balaban J connectivity index is 2.52. The van der Waals surface area contributed by atoms with E-state index in [9.17, 15) is 4.79 Å². The van der Waals surface area contributed by atoms with E-state index in [1.807, 2.05) is 49.9 Å². The molecule has 86 valence electrons. The molecule has 0 aromatic rings. The summed E-state index contributed by atoms with van der Waals surface area (Å²) in [6, 6.07) is 0. The van der Waals surface area contributed by atoms with Crippen LogP contribution in [0.2, 0.25) is 0 Å². The number of carbonyl (C=O) groups is 1. The van der Waals surface area contributed by atoms with Crippen LogP contribution in [0.4, 0.5) is 4.79 Å². The summed E-state index contributed by atoms with van der Waals surface area (Å²) in [6.07, 6.45) is 2.53. The maximum absolute atomic E-state index is 11.7. The second kappa shape index (κ2) is 5.05. The maximum Gasteiger partial charge on any atom is 0.410 e. The summed E-state index contributed by atoms with van der Waals surface area (Å²) in [7, 11) is 0. The van der Waals surface area contributed by atoms with Crippen LogP contribution in [0.15, 0.2) is 11.8 Å². The summed E-state index contributed by atoms with van der Waals surface area (Å²) in [4.78, 5) is 13.3. The van der Waals surface area contributed by atoms with Gasteiger partial charge in [-0.25, -0.2) is 4.79 Å². The molecule has 0 aromatic carbocycles. The van der Waals surface area contributed by atoms with Crippen molar-refractivity contribution in [3.63, 3.8) is 0 Å². The maximum atomic E-state index is 11.7.